The number of hydrogen-bond acceptors (Lipinski definition) is 9. The lowest BCUT2D eigenvalue weighted by Crippen LogP contribution is -2.33. The lowest BCUT2D eigenvalue weighted by Gasteiger charge is -2.31. The molecule has 0 spiro atoms. The first kappa shape index (κ1) is 26.3. The molecule has 1 aliphatic heterocycles. The largest absolute Gasteiger partial charge is 0.493 e. The minimum Gasteiger partial charge on any atom is -0.493 e. The van der Waals surface area contributed by atoms with Crippen LogP contribution >= 0.6 is 0 Å². The minimum atomic E-state index is -0.0660. The molecule has 1 aliphatic rings. The Morgan fingerprint density at radius 1 is 0.771 bits per heavy atom. The van der Waals surface area contributed by atoms with Gasteiger partial charge in [0.05, 0.1) is 55.3 Å². The van der Waals surface area contributed by atoms with Gasteiger partial charge in [-0.15, -0.1) is 0 Å². The predicted octanol–water partition coefficient (Wildman–Crippen LogP) is 3.69. The normalized spacial score (nSPS) is 13.0. The monoisotopic (exact) mass is 489 g/mol. The Labute approximate surface area is 206 Å². The van der Waals surface area contributed by atoms with Gasteiger partial charge in [-0.3, -0.25) is 9.69 Å². The van der Waals surface area contributed by atoms with Crippen molar-refractivity contribution in [3.05, 3.63) is 28.3 Å². The number of nitrogens with zero attached hydrogens (tertiary/aromatic N) is 1. The first-order valence-corrected chi connectivity index (χ1v) is 11.3. The van der Waals surface area contributed by atoms with Crippen molar-refractivity contribution in [3.8, 4) is 40.2 Å². The molecule has 0 unspecified atom stereocenters. The van der Waals surface area contributed by atoms with Crippen LogP contribution < -0.4 is 33.2 Å². The van der Waals surface area contributed by atoms with Gasteiger partial charge < -0.3 is 33.2 Å². The molecule has 2 aromatic carbocycles. The van der Waals surface area contributed by atoms with E-state index in [9.17, 15) is 4.79 Å². The van der Waals surface area contributed by atoms with E-state index in [2.05, 4.69) is 4.90 Å². The molecular formula is C26H35NO8. The maximum atomic E-state index is 13.5. The second-order valence-corrected chi connectivity index (χ2v) is 8.12. The molecule has 9 nitrogen and oxygen atoms in total. The standard InChI is InChI=1S/C26H35NO8/c1-15-20(24(33-6)26(35-8)25(34-7)21(15)30-3)18(28)10-12-27-11-9-16-13-19(29-2)23(32-5)22(31-4)17(16)14-27/h13H,9-12,14H2,1-8H3. The molecule has 0 radical (unpaired) electrons. The molecule has 9 heteroatoms. The fourth-order valence-corrected chi connectivity index (χ4v) is 4.74. The van der Waals surface area contributed by atoms with Gasteiger partial charge in [0.25, 0.3) is 0 Å². The molecule has 0 bridgehead atoms. The summed E-state index contributed by atoms with van der Waals surface area (Å²) in [5.74, 6) is 3.34. The Morgan fingerprint density at radius 3 is 1.89 bits per heavy atom. The predicted molar refractivity (Wildman–Crippen MR) is 131 cm³/mol. The van der Waals surface area contributed by atoms with Gasteiger partial charge in [0, 0.05) is 37.2 Å². The highest BCUT2D eigenvalue weighted by atomic mass is 16.5. The van der Waals surface area contributed by atoms with E-state index in [1.165, 1.54) is 28.4 Å². The average Bonchev–Trinajstić information content (AvgIpc) is 2.89. The number of hydrogen-bond donors (Lipinski definition) is 0. The molecule has 0 N–H and O–H groups in total. The molecule has 0 aromatic heterocycles. The van der Waals surface area contributed by atoms with Gasteiger partial charge in [0.1, 0.15) is 0 Å². The average molecular weight is 490 g/mol. The number of methoxy groups -OCH3 is 7. The van der Waals surface area contributed by atoms with E-state index in [4.69, 9.17) is 33.2 Å². The van der Waals surface area contributed by atoms with Gasteiger partial charge in [0.15, 0.2) is 28.8 Å². The summed E-state index contributed by atoms with van der Waals surface area (Å²) in [5.41, 5.74) is 3.28. The number of fused-ring (bicyclic) bond motifs is 1. The van der Waals surface area contributed by atoms with Crippen LogP contribution in [-0.4, -0.2) is 73.5 Å². The van der Waals surface area contributed by atoms with Gasteiger partial charge in [-0.1, -0.05) is 0 Å². The highest BCUT2D eigenvalue weighted by molar-refractivity contribution is 6.02. The molecule has 0 amide bonds. The molecule has 0 fully saturated rings. The highest BCUT2D eigenvalue weighted by Gasteiger charge is 2.30. The van der Waals surface area contributed by atoms with Gasteiger partial charge in [-0.2, -0.15) is 0 Å². The van der Waals surface area contributed by atoms with E-state index >= 15 is 0 Å². The highest BCUT2D eigenvalue weighted by Crippen LogP contribution is 2.49. The molecular weight excluding hydrogens is 454 g/mol. The van der Waals surface area contributed by atoms with Crippen LogP contribution in [0.2, 0.25) is 0 Å². The molecule has 35 heavy (non-hydrogen) atoms. The number of carbonyl (C=O) groups is 1. The van der Waals surface area contributed by atoms with Gasteiger partial charge in [0.2, 0.25) is 17.2 Å². The number of ether oxygens (including phenoxy) is 7. The Hall–Kier alpha value is -3.33. The second-order valence-electron chi connectivity index (χ2n) is 8.12. The van der Waals surface area contributed by atoms with Crippen molar-refractivity contribution in [2.45, 2.75) is 26.3 Å². The summed E-state index contributed by atoms with van der Waals surface area (Å²) in [6.45, 7) is 3.83. The van der Waals surface area contributed by atoms with Gasteiger partial charge in [-0.05, 0) is 25.0 Å². The summed E-state index contributed by atoms with van der Waals surface area (Å²) >= 11 is 0. The maximum absolute atomic E-state index is 13.5. The lowest BCUT2D eigenvalue weighted by molar-refractivity contribution is 0.0955. The number of benzene rings is 2. The molecule has 1 heterocycles. The van der Waals surface area contributed by atoms with E-state index in [0.717, 1.165) is 24.1 Å². The summed E-state index contributed by atoms with van der Waals surface area (Å²) in [6.07, 6.45) is 1.10. The second kappa shape index (κ2) is 11.4. The smallest absolute Gasteiger partial charge is 0.208 e. The minimum absolute atomic E-state index is 0.0660. The van der Waals surface area contributed by atoms with Crippen LogP contribution in [0.1, 0.15) is 33.5 Å². The molecule has 0 saturated carbocycles. The molecule has 0 aliphatic carbocycles. The fraction of sp³-hybridized carbons (Fsp3) is 0.500. The molecule has 0 atom stereocenters. The summed E-state index contributed by atoms with van der Waals surface area (Å²) < 4.78 is 38.8. The fourth-order valence-electron chi connectivity index (χ4n) is 4.74. The summed E-state index contributed by atoms with van der Waals surface area (Å²) in [4.78, 5) is 15.7. The maximum Gasteiger partial charge on any atom is 0.208 e. The Kier molecular flexibility index (Phi) is 8.56. The Morgan fingerprint density at radius 2 is 1.34 bits per heavy atom. The van der Waals surface area contributed by atoms with Crippen molar-refractivity contribution < 1.29 is 38.0 Å². The SMILES string of the molecule is COc1cc2c(c(OC)c1OC)CN(CCC(=O)c1c(C)c(OC)c(OC)c(OC)c1OC)CC2. The van der Waals surface area contributed by atoms with Crippen LogP contribution in [0.4, 0.5) is 0 Å². The number of carbonyl (C=O) groups excluding carboxylic acids is 1. The third-order valence-corrected chi connectivity index (χ3v) is 6.42. The van der Waals surface area contributed by atoms with Crippen molar-refractivity contribution in [1.82, 2.24) is 4.90 Å². The van der Waals surface area contributed by atoms with E-state index in [1.54, 1.807) is 21.3 Å². The first-order valence-electron chi connectivity index (χ1n) is 11.3. The van der Waals surface area contributed by atoms with Crippen LogP contribution in [0.5, 0.6) is 40.2 Å². The summed E-state index contributed by atoms with van der Waals surface area (Å²) in [7, 11) is 10.9. The molecule has 3 rings (SSSR count). The zero-order chi connectivity index (χ0) is 25.7. The van der Waals surface area contributed by atoms with Gasteiger partial charge in [-0.25, -0.2) is 0 Å². The lowest BCUT2D eigenvalue weighted by atomic mass is 9.96. The Bertz CT molecular complexity index is 1080. The first-order chi connectivity index (χ1) is 16.9. The number of Topliss-reactive ketones (excluding diaryl/α,β-unsaturated/α-hetero) is 1. The zero-order valence-electron chi connectivity index (χ0n) is 21.8. The van der Waals surface area contributed by atoms with E-state index in [-0.39, 0.29) is 5.78 Å². The number of ketones is 1. The van der Waals surface area contributed by atoms with E-state index in [1.807, 2.05) is 13.0 Å². The van der Waals surface area contributed by atoms with E-state index in [0.29, 0.717) is 70.9 Å². The summed E-state index contributed by atoms with van der Waals surface area (Å²) in [6, 6.07) is 2.00. The number of rotatable bonds is 11. The van der Waals surface area contributed by atoms with Crippen LogP contribution in [0.25, 0.3) is 0 Å². The van der Waals surface area contributed by atoms with Crippen LogP contribution in [0.3, 0.4) is 0 Å². The summed E-state index contributed by atoms with van der Waals surface area (Å²) in [5, 5.41) is 0. The molecule has 0 saturated heterocycles. The molecule has 2 aromatic rings. The van der Waals surface area contributed by atoms with Crippen LogP contribution in [0, 0.1) is 6.92 Å². The van der Waals surface area contributed by atoms with Crippen molar-refractivity contribution in [3.63, 3.8) is 0 Å². The molecule has 192 valence electrons. The van der Waals surface area contributed by atoms with Crippen molar-refractivity contribution >= 4 is 5.78 Å². The third kappa shape index (κ3) is 4.77. The quantitative estimate of drug-likeness (QED) is 0.439. The topological polar surface area (TPSA) is 84.9 Å². The van der Waals surface area contributed by atoms with Crippen molar-refractivity contribution in [2.24, 2.45) is 0 Å². The Balaban J connectivity index is 1.87. The van der Waals surface area contributed by atoms with Crippen LogP contribution in [0.15, 0.2) is 6.07 Å². The third-order valence-electron chi connectivity index (χ3n) is 6.42. The van der Waals surface area contributed by atoms with Gasteiger partial charge >= 0.3 is 0 Å². The zero-order valence-corrected chi connectivity index (χ0v) is 21.8. The van der Waals surface area contributed by atoms with Crippen molar-refractivity contribution in [2.75, 3.05) is 62.9 Å². The van der Waals surface area contributed by atoms with Crippen molar-refractivity contribution in [1.29, 1.82) is 0 Å². The van der Waals surface area contributed by atoms with Crippen LogP contribution in [-0.2, 0) is 13.0 Å². The van der Waals surface area contributed by atoms with E-state index < -0.39 is 0 Å².